The number of aryl methyl sites for hydroxylation is 2. The van der Waals surface area contributed by atoms with Gasteiger partial charge in [0.2, 0.25) is 5.91 Å². The predicted octanol–water partition coefficient (Wildman–Crippen LogP) is 4.49. The van der Waals surface area contributed by atoms with Gasteiger partial charge in [-0.25, -0.2) is 0 Å². The number of benzene rings is 1. The van der Waals surface area contributed by atoms with Crippen molar-refractivity contribution < 1.29 is 4.79 Å². The topological polar surface area (TPSA) is 20.3 Å². The van der Waals surface area contributed by atoms with Gasteiger partial charge in [0.15, 0.2) is 0 Å². The summed E-state index contributed by atoms with van der Waals surface area (Å²) in [6.07, 6.45) is 4.87. The second-order valence-electron chi connectivity index (χ2n) is 4.74. The monoisotopic (exact) mass is 347 g/mol. The first-order valence-corrected chi connectivity index (χ1v) is 9.65. The van der Waals surface area contributed by atoms with E-state index in [0.717, 1.165) is 36.3 Å². The number of hydrogen-bond acceptors (Lipinski definition) is 2. The Labute approximate surface area is 142 Å². The Hall–Kier alpha value is -0.380. The lowest BCUT2D eigenvalue weighted by molar-refractivity contribution is -0.116. The second kappa shape index (κ2) is 9.60. The maximum Gasteiger partial charge on any atom is 0.242 e. The van der Waals surface area contributed by atoms with E-state index in [-0.39, 0.29) is 17.8 Å². The molecule has 1 rings (SSSR count). The van der Waals surface area contributed by atoms with Gasteiger partial charge >= 0.3 is 0 Å². The van der Waals surface area contributed by atoms with E-state index >= 15 is 0 Å². The van der Waals surface area contributed by atoms with Gasteiger partial charge in [-0.3, -0.25) is 9.69 Å². The molecule has 21 heavy (non-hydrogen) atoms. The molecule has 1 aromatic carbocycles. The van der Waals surface area contributed by atoms with Gasteiger partial charge in [-0.1, -0.05) is 26.0 Å². The van der Waals surface area contributed by atoms with Gasteiger partial charge in [-0.05, 0) is 48.0 Å². The summed E-state index contributed by atoms with van der Waals surface area (Å²) >= 11 is 13.6. The number of amides is 1. The molecular weight excluding hydrogens is 325 g/mol. The Bertz CT molecular complexity index is 480. The number of anilines is 1. The summed E-state index contributed by atoms with van der Waals surface area (Å²) in [5, 5.41) is 0. The minimum Gasteiger partial charge on any atom is -0.297 e. The third-order valence-electron chi connectivity index (χ3n) is 3.58. The molecule has 0 spiro atoms. The molecule has 0 bridgehead atoms. The fourth-order valence-corrected chi connectivity index (χ4v) is 3.33. The van der Waals surface area contributed by atoms with Crippen LogP contribution in [0.3, 0.4) is 0 Å². The summed E-state index contributed by atoms with van der Waals surface area (Å²) in [6.45, 7) is 4.22. The average Bonchev–Trinajstić information content (AvgIpc) is 2.52. The van der Waals surface area contributed by atoms with Crippen molar-refractivity contribution >= 4 is 46.6 Å². The van der Waals surface area contributed by atoms with E-state index < -0.39 is 0 Å². The van der Waals surface area contributed by atoms with Crippen molar-refractivity contribution in [3.63, 3.8) is 0 Å². The van der Waals surface area contributed by atoms with E-state index in [2.05, 4.69) is 32.2 Å². The van der Waals surface area contributed by atoms with Crippen LogP contribution in [-0.4, -0.2) is 29.8 Å². The van der Waals surface area contributed by atoms with Crippen molar-refractivity contribution in [2.45, 2.75) is 33.1 Å². The zero-order valence-electron chi connectivity index (χ0n) is 12.9. The van der Waals surface area contributed by atoms with Crippen LogP contribution < -0.4 is 4.90 Å². The second-order valence-corrected chi connectivity index (χ2v) is 6.23. The van der Waals surface area contributed by atoms with Crippen LogP contribution in [0.25, 0.3) is 0 Å². The normalized spacial score (nSPS) is 10.7. The lowest BCUT2D eigenvalue weighted by atomic mass is 9.95. The number of carbonyl (C=O) groups is 1. The fraction of sp³-hybridized carbons (Fsp3) is 0.562. The minimum absolute atomic E-state index is 0.0476. The van der Waals surface area contributed by atoms with Crippen LogP contribution in [-0.2, 0) is 24.1 Å². The van der Waals surface area contributed by atoms with Crippen LogP contribution in [0.1, 0.15) is 30.5 Å². The first kappa shape index (κ1) is 18.7. The molecule has 0 aliphatic rings. The van der Waals surface area contributed by atoms with Gasteiger partial charge in [0.25, 0.3) is 0 Å². The first-order chi connectivity index (χ1) is 10.1. The van der Waals surface area contributed by atoms with Crippen molar-refractivity contribution in [3.8, 4) is 0 Å². The van der Waals surface area contributed by atoms with E-state index in [4.69, 9.17) is 23.2 Å². The van der Waals surface area contributed by atoms with Crippen molar-refractivity contribution in [1.82, 2.24) is 0 Å². The number of thioether (sulfide) groups is 1. The third kappa shape index (κ3) is 4.54. The van der Waals surface area contributed by atoms with Crippen LogP contribution in [0.15, 0.2) is 12.1 Å². The molecule has 0 aromatic heterocycles. The number of carbonyl (C=O) groups excluding carboxylic acids is 1. The molecule has 0 radical (unpaired) electrons. The number of rotatable bonds is 8. The van der Waals surface area contributed by atoms with Crippen LogP contribution in [0.4, 0.5) is 5.69 Å². The molecule has 1 aromatic rings. The molecule has 2 nitrogen and oxygen atoms in total. The summed E-state index contributed by atoms with van der Waals surface area (Å²) in [5.41, 5.74) is 4.65. The molecule has 0 saturated heterocycles. The van der Waals surface area contributed by atoms with Crippen LogP contribution in [0, 0.1) is 0 Å². The summed E-state index contributed by atoms with van der Waals surface area (Å²) < 4.78 is 0. The largest absolute Gasteiger partial charge is 0.297 e. The lowest BCUT2D eigenvalue weighted by Crippen LogP contribution is -2.32. The summed E-state index contributed by atoms with van der Waals surface area (Å²) in [6, 6.07) is 4.44. The molecule has 0 fully saturated rings. The number of alkyl halides is 2. The highest BCUT2D eigenvalue weighted by molar-refractivity contribution is 7.98. The molecular formula is C16H23Cl2NOS. The Morgan fingerprint density at radius 2 is 1.86 bits per heavy atom. The molecule has 0 aliphatic carbocycles. The lowest BCUT2D eigenvalue weighted by Gasteiger charge is -2.26. The summed E-state index contributed by atoms with van der Waals surface area (Å²) in [4.78, 5) is 13.7. The zero-order chi connectivity index (χ0) is 15.8. The molecule has 118 valence electrons. The smallest absolute Gasteiger partial charge is 0.242 e. The van der Waals surface area contributed by atoms with Gasteiger partial charge in [-0.15, -0.1) is 23.2 Å². The molecule has 0 aliphatic heterocycles. The van der Waals surface area contributed by atoms with Gasteiger partial charge in [0, 0.05) is 0 Å². The first-order valence-electron chi connectivity index (χ1n) is 7.19. The number of nitrogens with zero attached hydrogens (tertiary/aromatic N) is 1. The third-order valence-corrected chi connectivity index (χ3v) is 4.66. The fourth-order valence-electron chi connectivity index (χ4n) is 2.51. The van der Waals surface area contributed by atoms with E-state index in [1.807, 2.05) is 11.8 Å². The molecule has 1 amide bonds. The van der Waals surface area contributed by atoms with E-state index in [1.165, 1.54) is 11.1 Å². The van der Waals surface area contributed by atoms with Crippen molar-refractivity contribution in [1.29, 1.82) is 0 Å². The van der Waals surface area contributed by atoms with Crippen LogP contribution in [0.2, 0.25) is 0 Å². The van der Waals surface area contributed by atoms with Crippen LogP contribution in [0.5, 0.6) is 0 Å². The highest BCUT2D eigenvalue weighted by Crippen LogP contribution is 2.31. The highest BCUT2D eigenvalue weighted by Gasteiger charge is 2.21. The molecule has 0 atom stereocenters. The Morgan fingerprint density at radius 1 is 1.19 bits per heavy atom. The maximum absolute atomic E-state index is 12.1. The van der Waals surface area contributed by atoms with Gasteiger partial charge in [-0.2, -0.15) is 11.8 Å². The van der Waals surface area contributed by atoms with Gasteiger partial charge in [0.1, 0.15) is 11.9 Å². The minimum atomic E-state index is -0.141. The van der Waals surface area contributed by atoms with E-state index in [9.17, 15) is 4.79 Å². The van der Waals surface area contributed by atoms with Crippen molar-refractivity contribution in [3.05, 3.63) is 28.8 Å². The predicted molar refractivity (Wildman–Crippen MR) is 96.2 cm³/mol. The van der Waals surface area contributed by atoms with Crippen molar-refractivity contribution in [2.75, 3.05) is 28.8 Å². The molecule has 0 N–H and O–H groups in total. The number of halogens is 2. The standard InChI is InChI=1S/C16H23Cl2NOS/c1-4-12-6-7-13(8-9-21-3)14(5-2)16(12)19(11-18)15(20)10-17/h6-7H,4-5,8-11H2,1-3H3. The zero-order valence-corrected chi connectivity index (χ0v) is 15.2. The Kier molecular flexibility index (Phi) is 8.53. The number of hydrogen-bond donors (Lipinski definition) is 0. The molecule has 0 saturated carbocycles. The van der Waals surface area contributed by atoms with Gasteiger partial charge in [0.05, 0.1) is 5.69 Å². The highest BCUT2D eigenvalue weighted by atomic mass is 35.5. The Morgan fingerprint density at radius 3 is 2.33 bits per heavy atom. The average molecular weight is 348 g/mol. The molecule has 5 heteroatoms. The molecule has 0 heterocycles. The molecule has 0 unspecified atom stereocenters. The van der Waals surface area contributed by atoms with E-state index in [1.54, 1.807) is 4.90 Å². The van der Waals surface area contributed by atoms with Gasteiger partial charge < -0.3 is 0 Å². The summed E-state index contributed by atoms with van der Waals surface area (Å²) in [5.74, 6) is 0.883. The SMILES string of the molecule is CCc1ccc(CCSC)c(CC)c1N(CCl)C(=O)CCl. The van der Waals surface area contributed by atoms with Crippen molar-refractivity contribution in [2.24, 2.45) is 0 Å². The maximum atomic E-state index is 12.1. The summed E-state index contributed by atoms with van der Waals surface area (Å²) in [7, 11) is 0. The van der Waals surface area contributed by atoms with E-state index in [0.29, 0.717) is 0 Å². The quantitative estimate of drug-likeness (QED) is 0.510. The Balaban J connectivity index is 3.39. The van der Waals surface area contributed by atoms with Crippen LogP contribution >= 0.6 is 35.0 Å².